The van der Waals surface area contributed by atoms with Gasteiger partial charge in [0.2, 0.25) is 0 Å². The summed E-state index contributed by atoms with van der Waals surface area (Å²) in [6.07, 6.45) is 2.70. The average molecular weight is 144 g/mol. The van der Waals surface area contributed by atoms with Gasteiger partial charge in [-0.05, 0) is 13.8 Å². The van der Waals surface area contributed by atoms with Crippen molar-refractivity contribution in [3.05, 3.63) is 12.2 Å². The summed E-state index contributed by atoms with van der Waals surface area (Å²) < 4.78 is 5.04. The Morgan fingerprint density at radius 2 is 2.30 bits per heavy atom. The Labute approximate surface area is 60.3 Å². The summed E-state index contributed by atoms with van der Waals surface area (Å²) in [6.45, 7) is 4.16. The third-order valence-electron chi connectivity index (χ3n) is 0.786. The van der Waals surface area contributed by atoms with E-state index >= 15 is 0 Å². The van der Waals surface area contributed by atoms with E-state index in [1.807, 2.05) is 13.8 Å². The number of carbonyl (C=O) groups is 1. The predicted octanol–water partition coefficient (Wildman–Crippen LogP) is 1.05. The van der Waals surface area contributed by atoms with Gasteiger partial charge in [0.1, 0.15) is 0 Å². The molecule has 3 nitrogen and oxygen atoms in total. The Bertz CT molecular complexity index is 127. The SMILES string of the molecule is CC(C)OC/C=C/C(=O)O. The number of rotatable bonds is 4. The van der Waals surface area contributed by atoms with Crippen molar-refractivity contribution < 1.29 is 14.6 Å². The number of ether oxygens (including phenoxy) is 1. The second-order valence-corrected chi connectivity index (χ2v) is 2.12. The van der Waals surface area contributed by atoms with Gasteiger partial charge in [0.15, 0.2) is 0 Å². The molecule has 58 valence electrons. The highest BCUT2D eigenvalue weighted by atomic mass is 16.5. The van der Waals surface area contributed by atoms with E-state index < -0.39 is 5.97 Å². The minimum absolute atomic E-state index is 0.151. The van der Waals surface area contributed by atoms with Crippen LogP contribution in [0.3, 0.4) is 0 Å². The molecule has 0 amide bonds. The first-order valence-electron chi connectivity index (χ1n) is 3.14. The van der Waals surface area contributed by atoms with Crippen molar-refractivity contribution in [2.24, 2.45) is 0 Å². The second kappa shape index (κ2) is 4.99. The van der Waals surface area contributed by atoms with Gasteiger partial charge in [0, 0.05) is 6.08 Å². The Morgan fingerprint density at radius 1 is 1.70 bits per heavy atom. The van der Waals surface area contributed by atoms with Crippen LogP contribution in [-0.2, 0) is 9.53 Å². The molecule has 0 atom stereocenters. The first-order valence-corrected chi connectivity index (χ1v) is 3.14. The van der Waals surface area contributed by atoms with E-state index in [2.05, 4.69) is 0 Å². The molecule has 0 heterocycles. The molecule has 0 aromatic heterocycles. The quantitative estimate of drug-likeness (QED) is 0.600. The molecule has 0 aliphatic rings. The third-order valence-corrected chi connectivity index (χ3v) is 0.786. The van der Waals surface area contributed by atoms with E-state index in [4.69, 9.17) is 9.84 Å². The standard InChI is InChI=1S/C7H12O3/c1-6(2)10-5-3-4-7(8)9/h3-4,6H,5H2,1-2H3,(H,8,9)/b4-3+. The summed E-state index contributed by atoms with van der Waals surface area (Å²) in [6, 6.07) is 0. The lowest BCUT2D eigenvalue weighted by atomic mass is 10.4. The minimum Gasteiger partial charge on any atom is -0.478 e. The van der Waals surface area contributed by atoms with Crippen molar-refractivity contribution in [3.8, 4) is 0 Å². The lowest BCUT2D eigenvalue weighted by Gasteiger charge is -2.01. The van der Waals surface area contributed by atoms with Crippen LogP contribution in [0.25, 0.3) is 0 Å². The van der Waals surface area contributed by atoms with E-state index in [0.717, 1.165) is 6.08 Å². The van der Waals surface area contributed by atoms with E-state index in [1.54, 1.807) is 0 Å². The Hall–Kier alpha value is -0.830. The maximum absolute atomic E-state index is 9.90. The minimum atomic E-state index is -0.938. The van der Waals surface area contributed by atoms with Crippen LogP contribution in [0.15, 0.2) is 12.2 Å². The molecule has 0 saturated carbocycles. The number of hydrogen-bond donors (Lipinski definition) is 1. The fourth-order valence-corrected chi connectivity index (χ4v) is 0.397. The van der Waals surface area contributed by atoms with Gasteiger partial charge in [-0.25, -0.2) is 4.79 Å². The predicted molar refractivity (Wildman–Crippen MR) is 37.9 cm³/mol. The molecule has 0 bridgehead atoms. The Morgan fingerprint density at radius 3 is 2.70 bits per heavy atom. The first-order chi connectivity index (χ1) is 4.63. The molecule has 10 heavy (non-hydrogen) atoms. The zero-order valence-electron chi connectivity index (χ0n) is 6.20. The van der Waals surface area contributed by atoms with E-state index in [1.165, 1.54) is 6.08 Å². The molecule has 0 aromatic rings. The van der Waals surface area contributed by atoms with Gasteiger partial charge in [0.05, 0.1) is 12.7 Å². The molecule has 1 N–H and O–H groups in total. The van der Waals surface area contributed by atoms with Crippen molar-refractivity contribution in [2.45, 2.75) is 20.0 Å². The molecule has 0 saturated heterocycles. The van der Waals surface area contributed by atoms with Crippen LogP contribution in [0.1, 0.15) is 13.8 Å². The van der Waals surface area contributed by atoms with Crippen LogP contribution in [0.5, 0.6) is 0 Å². The number of carboxylic acids is 1. The molecule has 0 aromatic carbocycles. The highest BCUT2D eigenvalue weighted by Gasteiger charge is 1.89. The largest absolute Gasteiger partial charge is 0.478 e. The molecule has 0 rings (SSSR count). The molecule has 0 unspecified atom stereocenters. The summed E-state index contributed by atoms with van der Waals surface area (Å²) in [5.41, 5.74) is 0. The Kier molecular flexibility index (Phi) is 4.58. The number of aliphatic carboxylic acids is 1. The average Bonchev–Trinajstić information content (AvgIpc) is 1.79. The summed E-state index contributed by atoms with van der Waals surface area (Å²) >= 11 is 0. The summed E-state index contributed by atoms with van der Waals surface area (Å²) in [7, 11) is 0. The molecular formula is C7H12O3. The van der Waals surface area contributed by atoms with Gasteiger partial charge in [-0.3, -0.25) is 0 Å². The van der Waals surface area contributed by atoms with Crippen molar-refractivity contribution in [1.82, 2.24) is 0 Å². The summed E-state index contributed by atoms with van der Waals surface area (Å²) in [5, 5.41) is 8.14. The van der Waals surface area contributed by atoms with Gasteiger partial charge >= 0.3 is 5.97 Å². The Balaban J connectivity index is 3.27. The summed E-state index contributed by atoms with van der Waals surface area (Å²) in [4.78, 5) is 9.90. The third kappa shape index (κ3) is 7.17. The van der Waals surface area contributed by atoms with Crippen LogP contribution in [0.4, 0.5) is 0 Å². The molecular weight excluding hydrogens is 132 g/mol. The highest BCUT2D eigenvalue weighted by molar-refractivity contribution is 5.79. The van der Waals surface area contributed by atoms with Crippen molar-refractivity contribution in [2.75, 3.05) is 6.61 Å². The summed E-state index contributed by atoms with van der Waals surface area (Å²) in [5.74, 6) is -0.938. The van der Waals surface area contributed by atoms with Crippen molar-refractivity contribution in [3.63, 3.8) is 0 Å². The van der Waals surface area contributed by atoms with Crippen LogP contribution in [0.2, 0.25) is 0 Å². The van der Waals surface area contributed by atoms with E-state index in [0.29, 0.717) is 6.61 Å². The van der Waals surface area contributed by atoms with Crippen LogP contribution in [0, 0.1) is 0 Å². The van der Waals surface area contributed by atoms with Gasteiger partial charge in [-0.1, -0.05) is 6.08 Å². The fraction of sp³-hybridized carbons (Fsp3) is 0.571. The zero-order valence-corrected chi connectivity index (χ0v) is 6.20. The van der Waals surface area contributed by atoms with Gasteiger partial charge < -0.3 is 9.84 Å². The molecule has 0 spiro atoms. The van der Waals surface area contributed by atoms with Crippen LogP contribution in [-0.4, -0.2) is 23.8 Å². The number of hydrogen-bond acceptors (Lipinski definition) is 2. The zero-order chi connectivity index (χ0) is 7.98. The van der Waals surface area contributed by atoms with Gasteiger partial charge in [0.25, 0.3) is 0 Å². The maximum Gasteiger partial charge on any atom is 0.328 e. The van der Waals surface area contributed by atoms with Crippen LogP contribution < -0.4 is 0 Å². The molecule has 3 heteroatoms. The fourth-order valence-electron chi connectivity index (χ4n) is 0.397. The molecule has 0 radical (unpaired) electrons. The van der Waals surface area contributed by atoms with Gasteiger partial charge in [-0.2, -0.15) is 0 Å². The monoisotopic (exact) mass is 144 g/mol. The highest BCUT2D eigenvalue weighted by Crippen LogP contribution is 1.86. The lowest BCUT2D eigenvalue weighted by Crippen LogP contribution is -2.02. The molecule has 0 aliphatic heterocycles. The number of carboxylic acid groups (broad SMARTS) is 1. The van der Waals surface area contributed by atoms with E-state index in [-0.39, 0.29) is 6.10 Å². The van der Waals surface area contributed by atoms with Crippen LogP contribution >= 0.6 is 0 Å². The smallest absolute Gasteiger partial charge is 0.328 e. The van der Waals surface area contributed by atoms with Crippen molar-refractivity contribution >= 4 is 5.97 Å². The topological polar surface area (TPSA) is 46.5 Å². The van der Waals surface area contributed by atoms with Gasteiger partial charge in [-0.15, -0.1) is 0 Å². The maximum atomic E-state index is 9.90. The van der Waals surface area contributed by atoms with Crippen molar-refractivity contribution in [1.29, 1.82) is 0 Å². The lowest BCUT2D eigenvalue weighted by molar-refractivity contribution is -0.131. The normalized spacial score (nSPS) is 11.1. The van der Waals surface area contributed by atoms with E-state index in [9.17, 15) is 4.79 Å². The molecule has 0 aliphatic carbocycles. The second-order valence-electron chi connectivity index (χ2n) is 2.12. The first kappa shape index (κ1) is 9.17. The molecule has 0 fully saturated rings.